The molecule has 0 spiro atoms. The quantitative estimate of drug-likeness (QED) is 0.204. The van der Waals surface area contributed by atoms with Crippen LogP contribution >= 0.6 is 0 Å². The maximum atomic E-state index is 5.36. The summed E-state index contributed by atoms with van der Waals surface area (Å²) in [4.78, 5) is 10.4. The number of benzene rings is 6. The summed E-state index contributed by atoms with van der Waals surface area (Å²) in [5.74, 6) is 0.512. The van der Waals surface area contributed by atoms with Crippen LogP contribution in [-0.2, 0) is 0 Å². The number of aromatic nitrogens is 2. The van der Waals surface area contributed by atoms with Crippen LogP contribution in [0.15, 0.2) is 109 Å². The van der Waals surface area contributed by atoms with Crippen molar-refractivity contribution in [3.8, 4) is 22.3 Å². The molecule has 1 aliphatic rings. The number of hydrogen-bond acceptors (Lipinski definition) is 2. The highest BCUT2D eigenvalue weighted by Gasteiger charge is 2.21. The average Bonchev–Trinajstić information content (AvgIpc) is 3.07. The Morgan fingerprint density at radius 3 is 2.00 bits per heavy atom. The first-order valence-corrected chi connectivity index (χ1v) is 15.7. The number of fused-ring (bicyclic) bond motifs is 3. The highest BCUT2D eigenvalue weighted by molar-refractivity contribution is 6.25. The molecule has 206 valence electrons. The van der Waals surface area contributed by atoms with Crippen molar-refractivity contribution in [3.05, 3.63) is 121 Å². The molecule has 6 aromatic carbocycles. The van der Waals surface area contributed by atoms with Crippen LogP contribution in [0.25, 0.3) is 76.4 Å². The maximum Gasteiger partial charge on any atom is 0.0974 e. The summed E-state index contributed by atoms with van der Waals surface area (Å²) >= 11 is 0. The minimum Gasteiger partial charge on any atom is -0.251 e. The number of rotatable bonds is 3. The van der Waals surface area contributed by atoms with Crippen LogP contribution < -0.4 is 0 Å². The Bertz CT molecular complexity index is 2330. The van der Waals surface area contributed by atoms with E-state index in [2.05, 4.69) is 116 Å². The highest BCUT2D eigenvalue weighted by Crippen LogP contribution is 2.42. The molecule has 2 heterocycles. The lowest BCUT2D eigenvalue weighted by molar-refractivity contribution is 0.437. The zero-order valence-corrected chi connectivity index (χ0v) is 24.4. The number of nitrogens with zero attached hydrogens (tertiary/aromatic N) is 2. The zero-order valence-electron chi connectivity index (χ0n) is 24.4. The van der Waals surface area contributed by atoms with Crippen LogP contribution in [0, 0.1) is 6.92 Å². The molecule has 1 fully saturated rings. The van der Waals surface area contributed by atoms with Crippen LogP contribution in [0.5, 0.6) is 0 Å². The Hall–Kier alpha value is -4.82. The molecule has 0 bridgehead atoms. The van der Waals surface area contributed by atoms with Gasteiger partial charge in [0.15, 0.2) is 0 Å². The van der Waals surface area contributed by atoms with E-state index in [-0.39, 0.29) is 0 Å². The topological polar surface area (TPSA) is 25.8 Å². The summed E-state index contributed by atoms with van der Waals surface area (Å²) in [7, 11) is 0. The Morgan fingerprint density at radius 1 is 0.512 bits per heavy atom. The van der Waals surface area contributed by atoms with E-state index in [4.69, 9.17) is 9.97 Å². The van der Waals surface area contributed by atoms with Crippen molar-refractivity contribution in [3.63, 3.8) is 0 Å². The van der Waals surface area contributed by atoms with Crippen molar-refractivity contribution in [2.45, 2.75) is 44.9 Å². The van der Waals surface area contributed by atoms with E-state index in [1.165, 1.54) is 97.8 Å². The summed E-state index contributed by atoms with van der Waals surface area (Å²) in [5, 5.41) is 10.3. The smallest absolute Gasteiger partial charge is 0.0974 e. The van der Waals surface area contributed by atoms with Gasteiger partial charge in [-0.05, 0) is 92.5 Å². The molecular weight excluding hydrogens is 520 g/mol. The SMILES string of the molecule is Cc1ccc2ccc3c(-c4cccc(-c5ccc6ccc7cccc8ccc5c6c78)c4)cc(C4CCCCC4)nc3c2n1. The second kappa shape index (κ2) is 9.61. The fraction of sp³-hybridized carbons (Fsp3) is 0.171. The van der Waals surface area contributed by atoms with Gasteiger partial charge >= 0.3 is 0 Å². The first-order chi connectivity index (χ1) is 21.2. The molecule has 8 aromatic rings. The molecule has 1 aliphatic carbocycles. The summed E-state index contributed by atoms with van der Waals surface area (Å²) < 4.78 is 0. The predicted molar refractivity (Wildman–Crippen MR) is 182 cm³/mol. The third-order valence-corrected chi connectivity index (χ3v) is 9.83. The molecular formula is C41H32N2. The van der Waals surface area contributed by atoms with E-state index < -0.39 is 0 Å². The van der Waals surface area contributed by atoms with Gasteiger partial charge in [0, 0.05) is 28.1 Å². The van der Waals surface area contributed by atoms with E-state index in [9.17, 15) is 0 Å². The van der Waals surface area contributed by atoms with Gasteiger partial charge in [0.25, 0.3) is 0 Å². The van der Waals surface area contributed by atoms with E-state index in [1.807, 2.05) is 0 Å². The second-order valence-electron chi connectivity index (χ2n) is 12.5. The monoisotopic (exact) mass is 552 g/mol. The Balaban J connectivity index is 1.28. The number of aryl methyl sites for hydroxylation is 1. The lowest BCUT2D eigenvalue weighted by Gasteiger charge is -2.23. The molecule has 0 unspecified atom stereocenters. The third-order valence-electron chi connectivity index (χ3n) is 9.83. The van der Waals surface area contributed by atoms with Gasteiger partial charge in [-0.25, -0.2) is 0 Å². The van der Waals surface area contributed by atoms with Gasteiger partial charge in [-0.3, -0.25) is 9.97 Å². The normalized spacial score (nSPS) is 14.5. The Kier molecular flexibility index (Phi) is 5.53. The standard InChI is InChI=1S/C41H32N2/c1-25-13-14-30-19-22-35-36(24-37(26-7-3-2-4-8-26)43-41(35)40(30)42-25)32-12-6-11-31(23-32)33-20-17-29-16-15-27-9-5-10-28-18-21-34(33)39(29)38(27)28/h5-6,9-24,26H,2-4,7-8H2,1H3. The molecule has 0 amide bonds. The zero-order chi connectivity index (χ0) is 28.5. The molecule has 2 aromatic heterocycles. The molecule has 0 aliphatic heterocycles. The summed E-state index contributed by atoms with van der Waals surface area (Å²) in [6.45, 7) is 2.07. The fourth-order valence-corrected chi connectivity index (χ4v) is 7.68. The van der Waals surface area contributed by atoms with Crippen molar-refractivity contribution in [1.82, 2.24) is 9.97 Å². The van der Waals surface area contributed by atoms with Crippen molar-refractivity contribution in [1.29, 1.82) is 0 Å². The Morgan fingerprint density at radius 2 is 1.16 bits per heavy atom. The molecule has 2 nitrogen and oxygen atoms in total. The van der Waals surface area contributed by atoms with Gasteiger partial charge in [0.05, 0.1) is 11.0 Å². The molecule has 0 saturated heterocycles. The molecule has 2 heteroatoms. The summed E-state index contributed by atoms with van der Waals surface area (Å²) in [5.41, 5.74) is 9.32. The predicted octanol–water partition coefficient (Wildman–Crippen LogP) is 11.4. The van der Waals surface area contributed by atoms with Gasteiger partial charge in [-0.2, -0.15) is 0 Å². The van der Waals surface area contributed by atoms with Crippen LogP contribution in [-0.4, -0.2) is 9.97 Å². The van der Waals surface area contributed by atoms with E-state index in [0.29, 0.717) is 5.92 Å². The van der Waals surface area contributed by atoms with Crippen molar-refractivity contribution >= 4 is 54.1 Å². The van der Waals surface area contributed by atoms with E-state index in [0.717, 1.165) is 22.1 Å². The van der Waals surface area contributed by atoms with Crippen molar-refractivity contribution in [2.24, 2.45) is 0 Å². The van der Waals surface area contributed by atoms with Crippen molar-refractivity contribution in [2.75, 3.05) is 0 Å². The number of hydrogen-bond donors (Lipinski definition) is 0. The van der Waals surface area contributed by atoms with Crippen LogP contribution in [0.1, 0.15) is 49.4 Å². The lowest BCUT2D eigenvalue weighted by atomic mass is 9.85. The second-order valence-corrected chi connectivity index (χ2v) is 12.5. The minimum atomic E-state index is 0.512. The molecule has 0 N–H and O–H groups in total. The van der Waals surface area contributed by atoms with Crippen LogP contribution in [0.3, 0.4) is 0 Å². The molecule has 43 heavy (non-hydrogen) atoms. The minimum absolute atomic E-state index is 0.512. The first kappa shape index (κ1) is 24.7. The van der Waals surface area contributed by atoms with Gasteiger partial charge in [-0.15, -0.1) is 0 Å². The van der Waals surface area contributed by atoms with Crippen molar-refractivity contribution < 1.29 is 0 Å². The van der Waals surface area contributed by atoms with Gasteiger partial charge in [0.1, 0.15) is 0 Å². The summed E-state index contributed by atoms with van der Waals surface area (Å²) in [6.07, 6.45) is 6.35. The van der Waals surface area contributed by atoms with E-state index >= 15 is 0 Å². The lowest BCUT2D eigenvalue weighted by Crippen LogP contribution is -2.07. The molecule has 0 radical (unpaired) electrons. The Labute approximate surface area is 251 Å². The molecule has 9 rings (SSSR count). The first-order valence-electron chi connectivity index (χ1n) is 15.7. The number of pyridine rings is 2. The largest absolute Gasteiger partial charge is 0.251 e. The van der Waals surface area contributed by atoms with Gasteiger partial charge in [0.2, 0.25) is 0 Å². The van der Waals surface area contributed by atoms with Gasteiger partial charge < -0.3 is 0 Å². The third kappa shape index (κ3) is 3.93. The van der Waals surface area contributed by atoms with Crippen LogP contribution in [0.4, 0.5) is 0 Å². The average molecular weight is 553 g/mol. The highest BCUT2D eigenvalue weighted by atomic mass is 14.8. The van der Waals surface area contributed by atoms with Gasteiger partial charge in [-0.1, -0.05) is 110 Å². The maximum absolute atomic E-state index is 5.36. The van der Waals surface area contributed by atoms with E-state index in [1.54, 1.807) is 0 Å². The fourth-order valence-electron chi connectivity index (χ4n) is 7.68. The molecule has 0 atom stereocenters. The molecule has 1 saturated carbocycles. The van der Waals surface area contributed by atoms with Crippen LogP contribution in [0.2, 0.25) is 0 Å². The summed E-state index contributed by atoms with van der Waals surface area (Å²) in [6, 6.07) is 40.6.